The summed E-state index contributed by atoms with van der Waals surface area (Å²) < 4.78 is 0.872. The van der Waals surface area contributed by atoms with Crippen molar-refractivity contribution >= 4 is 21.7 Å². The van der Waals surface area contributed by atoms with Crippen molar-refractivity contribution in [2.75, 3.05) is 0 Å². The molecule has 0 saturated carbocycles. The Morgan fingerprint density at radius 1 is 1.25 bits per heavy atom. The fraction of sp³-hybridized carbons (Fsp3) is 0.154. The number of carbonyl (C=O) groups excluding carboxylic acids is 1. The number of Topliss-reactive ketones (excluding diaryl/α,β-unsaturated/α-hetero) is 1. The highest BCUT2D eigenvalue weighted by Gasteiger charge is 2.17. The maximum absolute atomic E-state index is 11.6. The monoisotopic (exact) mass is 277 g/mol. The van der Waals surface area contributed by atoms with Crippen molar-refractivity contribution < 1.29 is 4.79 Å². The van der Waals surface area contributed by atoms with Gasteiger partial charge in [0, 0.05) is 5.56 Å². The molecule has 1 N–H and O–H groups in total. The van der Waals surface area contributed by atoms with Gasteiger partial charge in [0.1, 0.15) is 0 Å². The summed E-state index contributed by atoms with van der Waals surface area (Å²) in [6, 6.07) is 9.86. The molecular weight excluding hydrogens is 266 g/mol. The lowest BCUT2D eigenvalue weighted by Crippen LogP contribution is -1.95. The van der Waals surface area contributed by atoms with Gasteiger partial charge in [-0.1, -0.05) is 30.3 Å². The van der Waals surface area contributed by atoms with Crippen molar-refractivity contribution in [2.45, 2.75) is 13.8 Å². The summed E-state index contributed by atoms with van der Waals surface area (Å²) >= 11 is 3.42. The third-order valence-corrected chi connectivity index (χ3v) is 3.40. The molecule has 82 valence electrons. The number of nitrogens with one attached hydrogen (secondary N) is 1. The Morgan fingerprint density at radius 3 is 2.44 bits per heavy atom. The highest BCUT2D eigenvalue weighted by atomic mass is 79.9. The number of rotatable bonds is 2. The smallest absolute Gasteiger partial charge is 0.162 e. The minimum absolute atomic E-state index is 0.0818. The van der Waals surface area contributed by atoms with Gasteiger partial charge in [0.25, 0.3) is 0 Å². The van der Waals surface area contributed by atoms with E-state index in [9.17, 15) is 4.79 Å². The van der Waals surface area contributed by atoms with E-state index < -0.39 is 0 Å². The summed E-state index contributed by atoms with van der Waals surface area (Å²) in [5, 5.41) is 0. The number of carbonyl (C=O) groups is 1. The highest BCUT2D eigenvalue weighted by Crippen LogP contribution is 2.30. The molecule has 2 nitrogen and oxygen atoms in total. The molecule has 0 aliphatic heterocycles. The van der Waals surface area contributed by atoms with Crippen LogP contribution in [0.25, 0.3) is 11.3 Å². The number of hydrogen-bond acceptors (Lipinski definition) is 1. The van der Waals surface area contributed by atoms with Crippen LogP contribution in [0.3, 0.4) is 0 Å². The van der Waals surface area contributed by atoms with Gasteiger partial charge in [-0.3, -0.25) is 4.79 Å². The lowest BCUT2D eigenvalue weighted by atomic mass is 10.0. The van der Waals surface area contributed by atoms with Gasteiger partial charge in [0.15, 0.2) is 5.78 Å². The molecule has 0 aliphatic carbocycles. The van der Waals surface area contributed by atoms with Gasteiger partial charge in [0.05, 0.1) is 10.3 Å². The van der Waals surface area contributed by atoms with E-state index >= 15 is 0 Å². The molecule has 0 fully saturated rings. The van der Waals surface area contributed by atoms with E-state index in [-0.39, 0.29) is 5.78 Å². The third kappa shape index (κ3) is 1.83. The van der Waals surface area contributed by atoms with Crippen LogP contribution in [0, 0.1) is 6.92 Å². The van der Waals surface area contributed by atoms with E-state index in [0.717, 1.165) is 27.0 Å². The molecule has 16 heavy (non-hydrogen) atoms. The van der Waals surface area contributed by atoms with Gasteiger partial charge in [-0.25, -0.2) is 0 Å². The minimum Gasteiger partial charge on any atom is -0.348 e. The molecule has 2 aromatic rings. The van der Waals surface area contributed by atoms with Crippen molar-refractivity contribution in [3.63, 3.8) is 0 Å². The average Bonchev–Trinajstić information content (AvgIpc) is 2.57. The Balaban J connectivity index is 2.66. The Kier molecular flexibility index (Phi) is 2.97. The second-order valence-corrected chi connectivity index (χ2v) is 4.53. The van der Waals surface area contributed by atoms with Gasteiger partial charge in [-0.15, -0.1) is 0 Å². The van der Waals surface area contributed by atoms with Gasteiger partial charge in [-0.2, -0.15) is 0 Å². The molecule has 3 heteroatoms. The van der Waals surface area contributed by atoms with E-state index in [0.29, 0.717) is 0 Å². The molecule has 0 saturated heterocycles. The molecule has 1 heterocycles. The molecule has 1 aromatic heterocycles. The first-order valence-electron chi connectivity index (χ1n) is 5.05. The summed E-state index contributed by atoms with van der Waals surface area (Å²) in [6.45, 7) is 3.53. The van der Waals surface area contributed by atoms with Gasteiger partial charge >= 0.3 is 0 Å². The van der Waals surface area contributed by atoms with Crippen LogP contribution in [-0.2, 0) is 0 Å². The van der Waals surface area contributed by atoms with E-state index in [1.807, 2.05) is 37.3 Å². The number of aromatic nitrogens is 1. The first kappa shape index (κ1) is 11.1. The normalized spacial score (nSPS) is 10.4. The fourth-order valence-electron chi connectivity index (χ4n) is 1.82. The molecular formula is C13H12BrNO. The summed E-state index contributed by atoms with van der Waals surface area (Å²) in [4.78, 5) is 14.8. The lowest BCUT2D eigenvalue weighted by molar-refractivity contribution is 0.101. The van der Waals surface area contributed by atoms with Crippen molar-refractivity contribution in [1.82, 2.24) is 4.98 Å². The third-order valence-electron chi connectivity index (χ3n) is 2.60. The second-order valence-electron chi connectivity index (χ2n) is 3.74. The summed E-state index contributed by atoms with van der Waals surface area (Å²) in [5.74, 6) is 0.0818. The molecule has 0 unspecified atom stereocenters. The van der Waals surface area contributed by atoms with Crippen molar-refractivity contribution in [2.24, 2.45) is 0 Å². The SMILES string of the molecule is CC(=O)c1c(-c2ccccc2)[nH]c(Br)c1C. The van der Waals surface area contributed by atoms with Gasteiger partial charge < -0.3 is 4.98 Å². The molecule has 0 radical (unpaired) electrons. The standard InChI is InChI=1S/C13H12BrNO/c1-8-11(9(2)16)12(15-13(8)14)10-6-4-3-5-7-10/h3-7,15H,1-2H3. The first-order valence-corrected chi connectivity index (χ1v) is 5.85. The zero-order valence-electron chi connectivity index (χ0n) is 9.17. The van der Waals surface area contributed by atoms with Crippen molar-refractivity contribution in [3.8, 4) is 11.3 Å². The van der Waals surface area contributed by atoms with Crippen molar-refractivity contribution in [3.05, 3.63) is 46.1 Å². The Hall–Kier alpha value is -1.35. The zero-order valence-corrected chi connectivity index (χ0v) is 10.8. The van der Waals surface area contributed by atoms with Crippen LogP contribution >= 0.6 is 15.9 Å². The number of halogens is 1. The topological polar surface area (TPSA) is 32.9 Å². The van der Waals surface area contributed by atoms with Crippen LogP contribution in [0.5, 0.6) is 0 Å². The van der Waals surface area contributed by atoms with E-state index in [2.05, 4.69) is 20.9 Å². The van der Waals surface area contributed by atoms with E-state index in [1.54, 1.807) is 6.92 Å². The molecule has 0 bridgehead atoms. The van der Waals surface area contributed by atoms with Crippen LogP contribution in [0.2, 0.25) is 0 Å². The predicted octanol–water partition coefficient (Wildman–Crippen LogP) is 3.96. The van der Waals surface area contributed by atoms with Crippen LogP contribution in [0.1, 0.15) is 22.8 Å². The number of benzene rings is 1. The first-order chi connectivity index (χ1) is 7.61. The van der Waals surface area contributed by atoms with E-state index in [1.165, 1.54) is 0 Å². The molecule has 0 spiro atoms. The summed E-state index contributed by atoms with van der Waals surface area (Å²) in [5.41, 5.74) is 3.64. The number of hydrogen-bond donors (Lipinski definition) is 1. The number of H-pyrrole nitrogens is 1. The largest absolute Gasteiger partial charge is 0.348 e. The quantitative estimate of drug-likeness (QED) is 0.829. The zero-order chi connectivity index (χ0) is 11.7. The second kappa shape index (κ2) is 4.26. The fourth-order valence-corrected chi connectivity index (χ4v) is 2.22. The average molecular weight is 278 g/mol. The van der Waals surface area contributed by atoms with Crippen molar-refractivity contribution in [1.29, 1.82) is 0 Å². The van der Waals surface area contributed by atoms with Crippen LogP contribution in [0.4, 0.5) is 0 Å². The lowest BCUT2D eigenvalue weighted by Gasteiger charge is -2.01. The van der Waals surface area contributed by atoms with Gasteiger partial charge in [0.2, 0.25) is 0 Å². The summed E-state index contributed by atoms with van der Waals surface area (Å²) in [7, 11) is 0. The Morgan fingerprint density at radius 2 is 1.88 bits per heavy atom. The maximum atomic E-state index is 11.6. The molecule has 2 rings (SSSR count). The van der Waals surface area contributed by atoms with Crippen LogP contribution < -0.4 is 0 Å². The van der Waals surface area contributed by atoms with Crippen LogP contribution in [-0.4, -0.2) is 10.8 Å². The molecule has 0 aliphatic rings. The highest BCUT2D eigenvalue weighted by molar-refractivity contribution is 9.10. The summed E-state index contributed by atoms with van der Waals surface area (Å²) in [6.07, 6.45) is 0. The Bertz CT molecular complexity index is 528. The minimum atomic E-state index is 0.0818. The van der Waals surface area contributed by atoms with E-state index in [4.69, 9.17) is 0 Å². The van der Waals surface area contributed by atoms with Gasteiger partial charge in [-0.05, 0) is 40.9 Å². The maximum Gasteiger partial charge on any atom is 0.162 e. The molecule has 0 atom stereocenters. The molecule has 1 aromatic carbocycles. The number of ketones is 1. The van der Waals surface area contributed by atoms with Crippen LogP contribution in [0.15, 0.2) is 34.9 Å². The predicted molar refractivity (Wildman–Crippen MR) is 68.7 cm³/mol. The molecule has 0 amide bonds. The Labute approximate surface area is 103 Å². The number of aromatic amines is 1.